The largest absolute Gasteiger partial charge is 0.479 e. The molecule has 36 heavy (non-hydrogen) atoms. The molecule has 2 amide bonds. The maximum atomic E-state index is 12.1. The first-order valence-electron chi connectivity index (χ1n) is 11.5. The van der Waals surface area contributed by atoms with E-state index >= 15 is 0 Å². The van der Waals surface area contributed by atoms with E-state index in [2.05, 4.69) is 10.6 Å². The van der Waals surface area contributed by atoms with E-state index in [0.29, 0.717) is 36.3 Å². The van der Waals surface area contributed by atoms with Gasteiger partial charge in [-0.25, -0.2) is 9.59 Å². The first-order valence-corrected chi connectivity index (χ1v) is 11.5. The molecular weight excluding hydrogens is 460 g/mol. The third-order valence-electron chi connectivity index (χ3n) is 5.66. The highest BCUT2D eigenvalue weighted by molar-refractivity contribution is 5.94. The van der Waals surface area contributed by atoms with Crippen LogP contribution in [0.25, 0.3) is 0 Å². The zero-order chi connectivity index (χ0) is 26.1. The van der Waals surface area contributed by atoms with E-state index < -0.39 is 24.0 Å². The average Bonchev–Trinajstić information content (AvgIpc) is 2.87. The second-order valence-electron chi connectivity index (χ2n) is 8.16. The highest BCUT2D eigenvalue weighted by Gasteiger charge is 2.21. The monoisotopic (exact) mass is 490 g/mol. The van der Waals surface area contributed by atoms with Gasteiger partial charge in [0.15, 0.2) is 6.04 Å². The molecular formula is C27H30N4O5. The summed E-state index contributed by atoms with van der Waals surface area (Å²) in [6.07, 6.45) is 0.586. The average molecular weight is 491 g/mol. The van der Waals surface area contributed by atoms with Crippen LogP contribution in [0.15, 0.2) is 66.7 Å². The molecule has 0 saturated heterocycles. The van der Waals surface area contributed by atoms with Crippen LogP contribution in [0.2, 0.25) is 0 Å². The maximum absolute atomic E-state index is 12.1. The Morgan fingerprint density at radius 1 is 0.972 bits per heavy atom. The van der Waals surface area contributed by atoms with Crippen LogP contribution < -0.4 is 22.1 Å². The Labute approximate surface area is 209 Å². The van der Waals surface area contributed by atoms with Crippen molar-refractivity contribution >= 4 is 29.3 Å². The lowest BCUT2D eigenvalue weighted by atomic mass is 9.96. The Hall–Kier alpha value is -4.37. The summed E-state index contributed by atoms with van der Waals surface area (Å²) < 4.78 is 5.32. The summed E-state index contributed by atoms with van der Waals surface area (Å²) in [6, 6.07) is 18.0. The van der Waals surface area contributed by atoms with Gasteiger partial charge in [-0.1, -0.05) is 43.3 Å². The fourth-order valence-corrected chi connectivity index (χ4v) is 3.80. The molecule has 9 nitrogen and oxygen atoms in total. The molecule has 9 heteroatoms. The first kappa shape index (κ1) is 26.2. The summed E-state index contributed by atoms with van der Waals surface area (Å²) in [6.45, 7) is 2.51. The molecule has 0 spiro atoms. The number of carbonyl (C=O) groups is 3. The van der Waals surface area contributed by atoms with Crippen LogP contribution >= 0.6 is 0 Å². The summed E-state index contributed by atoms with van der Waals surface area (Å²) >= 11 is 0. The fraction of sp³-hybridized carbons (Fsp3) is 0.222. The van der Waals surface area contributed by atoms with Crippen molar-refractivity contribution in [2.24, 2.45) is 11.5 Å². The molecule has 0 aromatic heterocycles. The van der Waals surface area contributed by atoms with E-state index in [-0.39, 0.29) is 12.2 Å². The predicted octanol–water partition coefficient (Wildman–Crippen LogP) is 3.84. The summed E-state index contributed by atoms with van der Waals surface area (Å²) in [5.74, 6) is -1.66. The fourth-order valence-electron chi connectivity index (χ4n) is 3.80. The van der Waals surface area contributed by atoms with Crippen LogP contribution in [0.3, 0.4) is 0 Å². The van der Waals surface area contributed by atoms with E-state index in [1.54, 1.807) is 42.5 Å². The Balaban J connectivity index is 1.65. The molecule has 0 aliphatic rings. The van der Waals surface area contributed by atoms with E-state index in [4.69, 9.17) is 16.2 Å². The van der Waals surface area contributed by atoms with Crippen molar-refractivity contribution < 1.29 is 24.2 Å². The van der Waals surface area contributed by atoms with Crippen LogP contribution in [0.5, 0.6) is 0 Å². The highest BCUT2D eigenvalue weighted by Crippen LogP contribution is 2.24. The second-order valence-corrected chi connectivity index (χ2v) is 8.16. The van der Waals surface area contributed by atoms with E-state index in [0.717, 1.165) is 16.7 Å². The van der Waals surface area contributed by atoms with Gasteiger partial charge in [0.05, 0.1) is 6.61 Å². The van der Waals surface area contributed by atoms with E-state index in [1.165, 1.54) is 6.07 Å². The van der Waals surface area contributed by atoms with Crippen LogP contribution in [0.4, 0.5) is 16.2 Å². The molecule has 0 aliphatic carbocycles. The second kappa shape index (κ2) is 12.4. The van der Waals surface area contributed by atoms with Gasteiger partial charge in [0.25, 0.3) is 0 Å². The lowest BCUT2D eigenvalue weighted by molar-refractivity contribution is -0.138. The molecule has 0 saturated carbocycles. The zero-order valence-corrected chi connectivity index (χ0v) is 20.0. The first-order chi connectivity index (χ1) is 17.3. The van der Waals surface area contributed by atoms with Gasteiger partial charge in [0.2, 0.25) is 5.91 Å². The molecule has 188 valence electrons. The van der Waals surface area contributed by atoms with Crippen molar-refractivity contribution in [2.45, 2.75) is 32.4 Å². The SMILES string of the molecule is CCc1cc(C(Nc2cccc(C(N)=O)c2)C(=O)O)ccc1CCOC(=O)Nc1cccc(CN)c1. The number of nitrogens with two attached hydrogens (primary N) is 2. The minimum absolute atomic E-state index is 0.162. The minimum Gasteiger partial charge on any atom is -0.479 e. The number of anilines is 2. The van der Waals surface area contributed by atoms with Crippen molar-refractivity contribution in [3.05, 3.63) is 94.5 Å². The van der Waals surface area contributed by atoms with Gasteiger partial charge < -0.3 is 26.6 Å². The van der Waals surface area contributed by atoms with Crippen LogP contribution in [-0.4, -0.2) is 29.7 Å². The number of rotatable bonds is 11. The van der Waals surface area contributed by atoms with Crippen molar-refractivity contribution in [2.75, 3.05) is 17.2 Å². The summed E-state index contributed by atoms with van der Waals surface area (Å²) in [4.78, 5) is 35.6. The van der Waals surface area contributed by atoms with Crippen LogP contribution in [0.1, 0.15) is 45.6 Å². The molecule has 0 heterocycles. The number of carboxylic acid groups (broad SMARTS) is 1. The molecule has 3 rings (SSSR count). The van der Waals surface area contributed by atoms with Crippen molar-refractivity contribution in [3.8, 4) is 0 Å². The van der Waals surface area contributed by atoms with Gasteiger partial charge in [-0.15, -0.1) is 0 Å². The minimum atomic E-state index is -1.06. The van der Waals surface area contributed by atoms with E-state index in [1.807, 2.05) is 25.1 Å². The Morgan fingerprint density at radius 3 is 2.42 bits per heavy atom. The topological polar surface area (TPSA) is 157 Å². The Bertz CT molecular complexity index is 1240. The summed E-state index contributed by atoms with van der Waals surface area (Å²) in [7, 11) is 0. The Kier molecular flexibility index (Phi) is 9.01. The molecule has 7 N–H and O–H groups in total. The number of amides is 2. The molecule has 1 atom stereocenters. The number of carbonyl (C=O) groups excluding carboxylic acids is 2. The molecule has 1 unspecified atom stereocenters. The van der Waals surface area contributed by atoms with Gasteiger partial charge >= 0.3 is 12.1 Å². The number of aliphatic carboxylic acids is 1. The molecule has 3 aromatic carbocycles. The number of aryl methyl sites for hydroxylation is 1. The third-order valence-corrected chi connectivity index (χ3v) is 5.66. The number of hydrogen-bond donors (Lipinski definition) is 5. The molecule has 0 bridgehead atoms. The third kappa shape index (κ3) is 7.07. The normalized spacial score (nSPS) is 11.4. The van der Waals surface area contributed by atoms with Gasteiger partial charge in [0, 0.05) is 29.9 Å². The number of primary amides is 1. The predicted molar refractivity (Wildman–Crippen MR) is 138 cm³/mol. The lowest BCUT2D eigenvalue weighted by Gasteiger charge is -2.19. The van der Waals surface area contributed by atoms with E-state index in [9.17, 15) is 19.5 Å². The maximum Gasteiger partial charge on any atom is 0.411 e. The number of ether oxygens (including phenoxy) is 1. The molecule has 0 radical (unpaired) electrons. The zero-order valence-electron chi connectivity index (χ0n) is 20.0. The standard InChI is InChI=1S/C27H30N4O5/c1-2-18-14-20(24(26(33)34)30-23-8-4-6-21(15-23)25(29)32)10-9-19(18)11-12-36-27(35)31-22-7-3-5-17(13-22)16-28/h3-10,13-15,24,30H,2,11-12,16,28H2,1H3,(H2,29,32)(H,31,35)(H,33,34). The van der Waals surface area contributed by atoms with Gasteiger partial charge in [-0.05, 0) is 59.0 Å². The van der Waals surface area contributed by atoms with Gasteiger partial charge in [-0.3, -0.25) is 10.1 Å². The number of carboxylic acids is 1. The quantitative estimate of drug-likeness (QED) is 0.273. The number of hydrogen-bond acceptors (Lipinski definition) is 6. The van der Waals surface area contributed by atoms with Gasteiger partial charge in [0.1, 0.15) is 0 Å². The summed E-state index contributed by atoms with van der Waals surface area (Å²) in [5, 5.41) is 15.5. The lowest BCUT2D eigenvalue weighted by Crippen LogP contribution is -2.21. The van der Waals surface area contributed by atoms with Crippen molar-refractivity contribution in [3.63, 3.8) is 0 Å². The number of nitrogens with one attached hydrogen (secondary N) is 2. The van der Waals surface area contributed by atoms with Crippen molar-refractivity contribution in [1.82, 2.24) is 0 Å². The highest BCUT2D eigenvalue weighted by atomic mass is 16.5. The molecule has 0 fully saturated rings. The molecule has 0 aliphatic heterocycles. The molecule has 3 aromatic rings. The number of benzene rings is 3. The Morgan fingerprint density at radius 2 is 1.72 bits per heavy atom. The summed E-state index contributed by atoms with van der Waals surface area (Å²) in [5.41, 5.74) is 15.7. The van der Waals surface area contributed by atoms with Crippen LogP contribution in [-0.2, 0) is 28.9 Å². The smallest absolute Gasteiger partial charge is 0.411 e. The van der Waals surface area contributed by atoms with Crippen LogP contribution in [0, 0.1) is 0 Å². The van der Waals surface area contributed by atoms with Gasteiger partial charge in [-0.2, -0.15) is 0 Å². The van der Waals surface area contributed by atoms with Crippen molar-refractivity contribution in [1.29, 1.82) is 0 Å².